The monoisotopic (exact) mass is 451 g/mol. The third-order valence-corrected chi connectivity index (χ3v) is 5.09. The maximum atomic E-state index is 4.72. The van der Waals surface area contributed by atoms with Crippen LogP contribution in [0.15, 0.2) is 4.99 Å². The lowest BCUT2D eigenvalue weighted by Crippen LogP contribution is -2.46. The topological polar surface area (TPSA) is 52.6 Å². The summed E-state index contributed by atoms with van der Waals surface area (Å²) in [6.45, 7) is 8.73. The molecule has 0 spiro atoms. The van der Waals surface area contributed by atoms with E-state index in [0.29, 0.717) is 12.6 Å². The van der Waals surface area contributed by atoms with Crippen molar-refractivity contribution in [1.82, 2.24) is 20.5 Å². The summed E-state index contributed by atoms with van der Waals surface area (Å²) in [4.78, 5) is 12.8. The largest absolute Gasteiger partial charge is 0.357 e. The van der Waals surface area contributed by atoms with E-state index in [2.05, 4.69) is 48.5 Å². The maximum Gasteiger partial charge on any atom is 0.191 e. The van der Waals surface area contributed by atoms with Crippen molar-refractivity contribution in [3.05, 3.63) is 15.6 Å². The molecule has 0 aliphatic heterocycles. The van der Waals surface area contributed by atoms with Crippen molar-refractivity contribution < 1.29 is 0 Å². The Morgan fingerprint density at radius 3 is 2.52 bits per heavy atom. The number of guanidine groups is 1. The van der Waals surface area contributed by atoms with E-state index in [-0.39, 0.29) is 24.0 Å². The van der Waals surface area contributed by atoms with Gasteiger partial charge in [-0.05, 0) is 53.6 Å². The maximum absolute atomic E-state index is 4.72. The summed E-state index contributed by atoms with van der Waals surface area (Å²) in [6.07, 6.45) is 2.72. The smallest absolute Gasteiger partial charge is 0.191 e. The number of nitrogens with zero attached hydrogens (tertiary/aromatic N) is 3. The number of rotatable bonds is 7. The van der Waals surface area contributed by atoms with E-state index in [4.69, 9.17) is 4.99 Å². The van der Waals surface area contributed by atoms with E-state index in [1.165, 1.54) is 17.7 Å². The van der Waals surface area contributed by atoms with Crippen LogP contribution in [-0.2, 0) is 6.54 Å². The molecule has 1 aliphatic carbocycles. The fourth-order valence-corrected chi connectivity index (χ4v) is 3.53. The van der Waals surface area contributed by atoms with Gasteiger partial charge in [0.1, 0.15) is 0 Å². The number of hydrogen-bond acceptors (Lipinski definition) is 4. The molecule has 1 aliphatic rings. The van der Waals surface area contributed by atoms with Gasteiger partial charge in [-0.2, -0.15) is 0 Å². The van der Waals surface area contributed by atoms with Crippen LogP contribution in [0.2, 0.25) is 0 Å². The zero-order valence-electron chi connectivity index (χ0n) is 14.8. The Morgan fingerprint density at radius 2 is 2.04 bits per heavy atom. The fraction of sp³-hybridized carbons (Fsp3) is 0.750. The van der Waals surface area contributed by atoms with Gasteiger partial charge in [0, 0.05) is 24.0 Å². The Morgan fingerprint density at radius 1 is 1.35 bits per heavy atom. The molecule has 1 aromatic rings. The number of aliphatic imine (C=N–C) groups is 1. The molecule has 1 fully saturated rings. The normalized spacial score (nSPS) is 16.2. The van der Waals surface area contributed by atoms with Crippen LogP contribution in [0.3, 0.4) is 0 Å². The molecule has 1 unspecified atom stereocenters. The minimum absolute atomic E-state index is 0. The first-order chi connectivity index (χ1) is 10.5. The number of likely N-dealkylation sites (N-methyl/N-ethyl adjacent to an activating group) is 1. The summed E-state index contributed by atoms with van der Waals surface area (Å²) in [5.41, 5.74) is 1.10. The summed E-state index contributed by atoms with van der Waals surface area (Å²) in [5.74, 6) is 1.75. The molecular weight excluding hydrogens is 421 g/mol. The van der Waals surface area contributed by atoms with Crippen LogP contribution in [0, 0.1) is 19.8 Å². The third-order valence-electron chi connectivity index (χ3n) is 4.03. The predicted octanol–water partition coefficient (Wildman–Crippen LogP) is 2.77. The SMILES string of the molecule is CCNC(=NCc1sc(C)nc1C)NCC(C1CC1)N(C)C.I. The number of nitrogens with one attached hydrogen (secondary N) is 2. The highest BCUT2D eigenvalue weighted by molar-refractivity contribution is 14.0. The molecule has 0 saturated heterocycles. The lowest BCUT2D eigenvalue weighted by molar-refractivity contribution is 0.264. The minimum atomic E-state index is 0. The Hall–Kier alpha value is -0.410. The van der Waals surface area contributed by atoms with E-state index < -0.39 is 0 Å². The first kappa shape index (κ1) is 20.6. The molecule has 1 heterocycles. The van der Waals surface area contributed by atoms with Crippen molar-refractivity contribution in [2.75, 3.05) is 27.2 Å². The average molecular weight is 451 g/mol. The zero-order valence-corrected chi connectivity index (χ0v) is 18.0. The van der Waals surface area contributed by atoms with Crippen molar-refractivity contribution in [1.29, 1.82) is 0 Å². The Labute approximate surface area is 161 Å². The van der Waals surface area contributed by atoms with Crippen molar-refractivity contribution in [2.45, 2.75) is 46.2 Å². The van der Waals surface area contributed by atoms with Gasteiger partial charge in [-0.1, -0.05) is 0 Å². The first-order valence-corrected chi connectivity index (χ1v) is 8.94. The molecule has 2 N–H and O–H groups in total. The Kier molecular flexibility index (Phi) is 8.78. The van der Waals surface area contributed by atoms with Crippen molar-refractivity contribution in [2.24, 2.45) is 10.9 Å². The standard InChI is InChI=1S/C16H29N5S.HI/c1-6-17-16(18-9-14(21(4)5)13-7-8-13)19-10-15-11(2)20-12(3)22-15;/h13-14H,6-10H2,1-5H3,(H2,17,18,19);1H. The molecule has 1 saturated carbocycles. The van der Waals surface area contributed by atoms with Gasteiger partial charge in [-0.3, -0.25) is 0 Å². The van der Waals surface area contributed by atoms with Crippen molar-refractivity contribution in [3.8, 4) is 0 Å². The van der Waals surface area contributed by atoms with E-state index >= 15 is 0 Å². The van der Waals surface area contributed by atoms with Gasteiger partial charge < -0.3 is 15.5 Å². The summed E-state index contributed by atoms with van der Waals surface area (Å²) in [6, 6.07) is 0.594. The summed E-state index contributed by atoms with van der Waals surface area (Å²) in [7, 11) is 4.33. The molecule has 1 aromatic heterocycles. The molecule has 132 valence electrons. The second kappa shape index (κ2) is 9.78. The molecule has 7 heteroatoms. The van der Waals surface area contributed by atoms with E-state index in [9.17, 15) is 0 Å². The van der Waals surface area contributed by atoms with Gasteiger partial charge in [0.05, 0.1) is 17.2 Å². The molecule has 23 heavy (non-hydrogen) atoms. The molecule has 5 nitrogen and oxygen atoms in total. The number of hydrogen-bond donors (Lipinski definition) is 2. The molecule has 2 rings (SSSR count). The highest BCUT2D eigenvalue weighted by Gasteiger charge is 2.32. The van der Waals surface area contributed by atoms with Crippen LogP contribution in [-0.4, -0.2) is 49.1 Å². The molecule has 1 atom stereocenters. The summed E-state index contributed by atoms with van der Waals surface area (Å²) < 4.78 is 0. The van der Waals surface area contributed by atoms with Gasteiger partial charge in [0.25, 0.3) is 0 Å². The average Bonchev–Trinajstić information content (AvgIpc) is 3.22. The van der Waals surface area contributed by atoms with Crippen LogP contribution < -0.4 is 10.6 Å². The molecule has 0 aromatic carbocycles. The second-order valence-electron chi connectivity index (χ2n) is 6.19. The summed E-state index contributed by atoms with van der Waals surface area (Å²) in [5, 5.41) is 7.95. The fourth-order valence-electron chi connectivity index (χ4n) is 2.67. The molecule has 0 radical (unpaired) electrons. The van der Waals surface area contributed by atoms with Gasteiger partial charge in [-0.15, -0.1) is 35.3 Å². The number of aryl methyl sites for hydroxylation is 2. The Bertz CT molecular complexity index is 509. The predicted molar refractivity (Wildman–Crippen MR) is 110 cm³/mol. The lowest BCUT2D eigenvalue weighted by Gasteiger charge is -2.25. The number of aromatic nitrogens is 1. The Balaban J connectivity index is 0.00000264. The number of thiazole rings is 1. The summed E-state index contributed by atoms with van der Waals surface area (Å²) >= 11 is 1.74. The van der Waals surface area contributed by atoms with Crippen molar-refractivity contribution in [3.63, 3.8) is 0 Å². The van der Waals surface area contributed by atoms with E-state index in [1.54, 1.807) is 11.3 Å². The quantitative estimate of drug-likeness (QED) is 0.381. The molecule has 0 bridgehead atoms. The van der Waals surface area contributed by atoms with Gasteiger partial charge >= 0.3 is 0 Å². The highest BCUT2D eigenvalue weighted by Crippen LogP contribution is 2.34. The van der Waals surface area contributed by atoms with E-state index in [1.807, 2.05) is 6.92 Å². The third kappa shape index (κ3) is 6.54. The second-order valence-corrected chi connectivity index (χ2v) is 7.47. The highest BCUT2D eigenvalue weighted by atomic mass is 127. The van der Waals surface area contributed by atoms with Crippen molar-refractivity contribution >= 4 is 41.3 Å². The van der Waals surface area contributed by atoms with Crippen LogP contribution in [0.25, 0.3) is 0 Å². The zero-order chi connectivity index (χ0) is 16.1. The van der Waals surface area contributed by atoms with Crippen LogP contribution in [0.5, 0.6) is 0 Å². The van der Waals surface area contributed by atoms with Gasteiger partial charge in [0.15, 0.2) is 5.96 Å². The molecular formula is C16H30IN5S. The van der Waals surface area contributed by atoms with Gasteiger partial charge in [0.2, 0.25) is 0 Å². The van der Waals surface area contributed by atoms with Crippen LogP contribution in [0.1, 0.15) is 35.3 Å². The lowest BCUT2D eigenvalue weighted by atomic mass is 10.1. The number of halogens is 1. The molecule has 0 amide bonds. The minimum Gasteiger partial charge on any atom is -0.357 e. The van der Waals surface area contributed by atoms with Crippen LogP contribution >= 0.6 is 35.3 Å². The van der Waals surface area contributed by atoms with Gasteiger partial charge in [-0.25, -0.2) is 9.98 Å². The van der Waals surface area contributed by atoms with Crippen LogP contribution in [0.4, 0.5) is 0 Å². The first-order valence-electron chi connectivity index (χ1n) is 8.12. The van der Waals surface area contributed by atoms with E-state index in [0.717, 1.165) is 35.7 Å².